The minimum Gasteiger partial charge on any atom is -0.496 e. The lowest BCUT2D eigenvalue weighted by Crippen LogP contribution is -1.97. The summed E-state index contributed by atoms with van der Waals surface area (Å²) >= 11 is 5.19. The summed E-state index contributed by atoms with van der Waals surface area (Å²) in [6, 6.07) is 7.94. The molecule has 0 amide bonds. The molecule has 0 atom stereocenters. The zero-order valence-corrected chi connectivity index (χ0v) is 11.6. The van der Waals surface area contributed by atoms with Gasteiger partial charge in [-0.2, -0.15) is 0 Å². The van der Waals surface area contributed by atoms with Gasteiger partial charge in [0.25, 0.3) is 0 Å². The molecule has 0 spiro atoms. The summed E-state index contributed by atoms with van der Waals surface area (Å²) in [4.78, 5) is 7.57. The molecule has 3 nitrogen and oxygen atoms in total. The van der Waals surface area contributed by atoms with Crippen molar-refractivity contribution in [2.45, 2.75) is 20.3 Å². The standard InChI is InChI=1S/C14H16N2OS/c1-4-13-15-11(8-14(18)16-13)10-7-9(2)5-6-12(10)17-3/h5-8H,4H2,1-3H3,(H,15,16,18). The maximum Gasteiger partial charge on any atom is 0.130 e. The number of benzene rings is 1. The van der Waals surface area contributed by atoms with E-state index in [2.05, 4.69) is 23.0 Å². The molecule has 2 rings (SSSR count). The van der Waals surface area contributed by atoms with Crippen molar-refractivity contribution in [2.75, 3.05) is 7.11 Å². The van der Waals surface area contributed by atoms with Gasteiger partial charge in [0.2, 0.25) is 0 Å². The highest BCUT2D eigenvalue weighted by atomic mass is 32.1. The van der Waals surface area contributed by atoms with E-state index < -0.39 is 0 Å². The van der Waals surface area contributed by atoms with Crippen LogP contribution in [0, 0.1) is 11.6 Å². The number of hydrogen-bond acceptors (Lipinski definition) is 3. The Kier molecular flexibility index (Phi) is 3.77. The molecule has 18 heavy (non-hydrogen) atoms. The first-order valence-corrected chi connectivity index (χ1v) is 6.30. The molecule has 0 saturated heterocycles. The first kappa shape index (κ1) is 12.8. The van der Waals surface area contributed by atoms with Gasteiger partial charge in [0.1, 0.15) is 16.2 Å². The predicted molar refractivity (Wildman–Crippen MR) is 75.5 cm³/mol. The Hall–Kier alpha value is -1.68. The smallest absolute Gasteiger partial charge is 0.130 e. The van der Waals surface area contributed by atoms with Gasteiger partial charge in [0.15, 0.2) is 0 Å². The molecule has 0 aliphatic carbocycles. The topological polar surface area (TPSA) is 37.9 Å². The van der Waals surface area contributed by atoms with Crippen LogP contribution in [0.3, 0.4) is 0 Å². The molecule has 0 aliphatic rings. The normalized spacial score (nSPS) is 10.4. The van der Waals surface area contributed by atoms with E-state index in [1.165, 1.54) is 5.56 Å². The number of aromatic nitrogens is 2. The van der Waals surface area contributed by atoms with Crippen molar-refractivity contribution in [3.8, 4) is 17.0 Å². The van der Waals surface area contributed by atoms with Crippen LogP contribution in [0.2, 0.25) is 0 Å². The third-order valence-electron chi connectivity index (χ3n) is 2.77. The van der Waals surface area contributed by atoms with Crippen molar-refractivity contribution in [2.24, 2.45) is 0 Å². The fourth-order valence-electron chi connectivity index (χ4n) is 1.85. The third kappa shape index (κ3) is 2.59. The molecule has 1 N–H and O–H groups in total. The Labute approximate surface area is 112 Å². The average Bonchev–Trinajstić information content (AvgIpc) is 2.38. The van der Waals surface area contributed by atoms with Gasteiger partial charge >= 0.3 is 0 Å². The van der Waals surface area contributed by atoms with Crippen LogP contribution in [0.4, 0.5) is 0 Å². The van der Waals surface area contributed by atoms with E-state index in [0.29, 0.717) is 4.64 Å². The number of ether oxygens (including phenoxy) is 1. The van der Waals surface area contributed by atoms with Crippen molar-refractivity contribution in [1.82, 2.24) is 9.97 Å². The van der Waals surface area contributed by atoms with E-state index >= 15 is 0 Å². The van der Waals surface area contributed by atoms with E-state index in [9.17, 15) is 0 Å². The summed E-state index contributed by atoms with van der Waals surface area (Å²) < 4.78 is 5.99. The first-order chi connectivity index (χ1) is 8.63. The lowest BCUT2D eigenvalue weighted by Gasteiger charge is -2.10. The van der Waals surface area contributed by atoms with Crippen molar-refractivity contribution in [3.63, 3.8) is 0 Å². The summed E-state index contributed by atoms with van der Waals surface area (Å²) in [5, 5.41) is 0. The summed E-state index contributed by atoms with van der Waals surface area (Å²) in [6.45, 7) is 4.10. The predicted octanol–water partition coefficient (Wildman–Crippen LogP) is 3.69. The molecular weight excluding hydrogens is 244 g/mol. The molecule has 1 heterocycles. The highest BCUT2D eigenvalue weighted by molar-refractivity contribution is 7.71. The van der Waals surface area contributed by atoms with Crippen LogP contribution >= 0.6 is 12.2 Å². The second kappa shape index (κ2) is 5.31. The Morgan fingerprint density at radius 1 is 1.33 bits per heavy atom. The Morgan fingerprint density at radius 3 is 2.78 bits per heavy atom. The molecule has 0 saturated carbocycles. The Balaban J connectivity index is 2.64. The molecule has 4 heteroatoms. The lowest BCUT2D eigenvalue weighted by molar-refractivity contribution is 0.416. The number of methoxy groups -OCH3 is 1. The molecule has 2 aromatic rings. The molecule has 0 radical (unpaired) electrons. The van der Waals surface area contributed by atoms with Crippen LogP contribution in [0.15, 0.2) is 24.3 Å². The lowest BCUT2D eigenvalue weighted by atomic mass is 10.1. The second-order valence-electron chi connectivity index (χ2n) is 4.14. The minimum absolute atomic E-state index is 0.601. The van der Waals surface area contributed by atoms with Gasteiger partial charge < -0.3 is 9.72 Å². The highest BCUT2D eigenvalue weighted by Gasteiger charge is 2.07. The largest absolute Gasteiger partial charge is 0.496 e. The fourth-order valence-corrected chi connectivity index (χ4v) is 2.08. The average molecular weight is 260 g/mol. The van der Waals surface area contributed by atoms with Crippen LogP contribution in [0.1, 0.15) is 18.3 Å². The van der Waals surface area contributed by atoms with Gasteiger partial charge in [0, 0.05) is 12.0 Å². The van der Waals surface area contributed by atoms with E-state index in [-0.39, 0.29) is 0 Å². The molecule has 0 aliphatic heterocycles. The third-order valence-corrected chi connectivity index (χ3v) is 2.98. The summed E-state index contributed by atoms with van der Waals surface area (Å²) in [7, 11) is 1.67. The van der Waals surface area contributed by atoms with Crippen LogP contribution < -0.4 is 4.74 Å². The summed E-state index contributed by atoms with van der Waals surface area (Å²) in [5.74, 6) is 1.72. The quantitative estimate of drug-likeness (QED) is 0.855. The second-order valence-corrected chi connectivity index (χ2v) is 4.56. The number of aromatic amines is 1. The molecular formula is C14H16N2OS. The number of nitrogens with one attached hydrogen (secondary N) is 1. The van der Waals surface area contributed by atoms with E-state index in [0.717, 1.165) is 29.3 Å². The van der Waals surface area contributed by atoms with E-state index in [1.807, 2.05) is 25.1 Å². The van der Waals surface area contributed by atoms with Crippen LogP contribution in [-0.4, -0.2) is 17.1 Å². The zero-order valence-electron chi connectivity index (χ0n) is 10.8. The van der Waals surface area contributed by atoms with Gasteiger partial charge in [0.05, 0.1) is 12.8 Å². The number of rotatable bonds is 3. The first-order valence-electron chi connectivity index (χ1n) is 5.89. The number of H-pyrrole nitrogens is 1. The Morgan fingerprint density at radius 2 is 2.11 bits per heavy atom. The molecule has 0 unspecified atom stereocenters. The monoisotopic (exact) mass is 260 g/mol. The van der Waals surface area contributed by atoms with Gasteiger partial charge in [-0.05, 0) is 25.1 Å². The molecule has 0 bridgehead atoms. The van der Waals surface area contributed by atoms with E-state index in [1.54, 1.807) is 7.11 Å². The molecule has 1 aromatic carbocycles. The fraction of sp³-hybridized carbons (Fsp3) is 0.286. The van der Waals surface area contributed by atoms with Gasteiger partial charge in [-0.3, -0.25) is 0 Å². The van der Waals surface area contributed by atoms with Crippen LogP contribution in [-0.2, 0) is 6.42 Å². The van der Waals surface area contributed by atoms with Crippen molar-refractivity contribution in [1.29, 1.82) is 0 Å². The van der Waals surface area contributed by atoms with Crippen molar-refractivity contribution >= 4 is 12.2 Å². The van der Waals surface area contributed by atoms with Gasteiger partial charge in [-0.15, -0.1) is 0 Å². The highest BCUT2D eigenvalue weighted by Crippen LogP contribution is 2.29. The maximum atomic E-state index is 5.39. The minimum atomic E-state index is 0.601. The van der Waals surface area contributed by atoms with Gasteiger partial charge in [-0.25, -0.2) is 4.98 Å². The van der Waals surface area contributed by atoms with Gasteiger partial charge in [-0.1, -0.05) is 30.8 Å². The van der Waals surface area contributed by atoms with Crippen molar-refractivity contribution in [3.05, 3.63) is 40.3 Å². The Bertz CT molecular complexity index is 619. The number of nitrogens with zero attached hydrogens (tertiary/aromatic N) is 1. The SMILES string of the molecule is CCc1nc(=S)cc(-c2cc(C)ccc2OC)[nH]1. The van der Waals surface area contributed by atoms with Crippen LogP contribution in [0.5, 0.6) is 5.75 Å². The van der Waals surface area contributed by atoms with E-state index in [4.69, 9.17) is 17.0 Å². The summed E-state index contributed by atoms with van der Waals surface area (Å²) in [5.41, 5.74) is 3.15. The molecule has 94 valence electrons. The molecule has 0 fully saturated rings. The zero-order chi connectivity index (χ0) is 13.1. The van der Waals surface area contributed by atoms with Crippen LogP contribution in [0.25, 0.3) is 11.3 Å². The molecule has 1 aromatic heterocycles. The maximum absolute atomic E-state index is 5.39. The number of hydrogen-bond donors (Lipinski definition) is 1. The van der Waals surface area contributed by atoms with Crippen molar-refractivity contribution < 1.29 is 4.74 Å². The number of aryl methyl sites for hydroxylation is 2. The summed E-state index contributed by atoms with van der Waals surface area (Å²) in [6.07, 6.45) is 0.825.